The summed E-state index contributed by atoms with van der Waals surface area (Å²) in [7, 11) is 1.84. The fraction of sp³-hybridized carbons (Fsp3) is 0.667. The molecule has 1 heterocycles. The van der Waals surface area contributed by atoms with Gasteiger partial charge in [-0.1, -0.05) is 38.1 Å². The third kappa shape index (κ3) is 5.10. The van der Waals surface area contributed by atoms with E-state index in [1.54, 1.807) is 0 Å². The Hall–Kier alpha value is -0.900. The average Bonchev–Trinajstić information content (AvgIpc) is 2.50. The second-order valence-electron chi connectivity index (χ2n) is 6.27. The molecule has 0 saturated carbocycles. The van der Waals surface area contributed by atoms with Crippen molar-refractivity contribution in [3.63, 3.8) is 0 Å². The largest absolute Gasteiger partial charge is 0.380 e. The average molecular weight is 290 g/mol. The van der Waals surface area contributed by atoms with Gasteiger partial charge in [0, 0.05) is 26.7 Å². The monoisotopic (exact) mass is 290 g/mol. The maximum absolute atomic E-state index is 5.61. The quantitative estimate of drug-likeness (QED) is 0.781. The topological polar surface area (TPSA) is 24.5 Å². The van der Waals surface area contributed by atoms with Crippen LogP contribution >= 0.6 is 0 Å². The Balaban J connectivity index is 1.89. The molecule has 0 radical (unpaired) electrons. The summed E-state index contributed by atoms with van der Waals surface area (Å²) in [4.78, 5) is 2.52. The van der Waals surface area contributed by atoms with Gasteiger partial charge in [-0.3, -0.25) is 4.90 Å². The van der Waals surface area contributed by atoms with Crippen LogP contribution in [-0.4, -0.2) is 37.7 Å². The smallest absolute Gasteiger partial charge is 0.0724 e. The van der Waals surface area contributed by atoms with Crippen molar-refractivity contribution in [1.82, 2.24) is 10.2 Å². The molecule has 1 aromatic carbocycles. The van der Waals surface area contributed by atoms with Crippen molar-refractivity contribution in [2.75, 3.05) is 26.7 Å². The van der Waals surface area contributed by atoms with Crippen molar-refractivity contribution < 1.29 is 4.74 Å². The third-order valence-electron chi connectivity index (χ3n) is 4.43. The highest BCUT2D eigenvalue weighted by molar-refractivity contribution is 5.23. The molecule has 3 nitrogen and oxygen atoms in total. The number of nitrogens with zero attached hydrogens (tertiary/aromatic N) is 1. The zero-order valence-corrected chi connectivity index (χ0v) is 13.8. The van der Waals surface area contributed by atoms with Gasteiger partial charge in [-0.05, 0) is 43.0 Å². The van der Waals surface area contributed by atoms with Gasteiger partial charge in [-0.2, -0.15) is 0 Å². The summed E-state index contributed by atoms with van der Waals surface area (Å²) >= 11 is 0. The normalized spacial score (nSPS) is 23.4. The van der Waals surface area contributed by atoms with Gasteiger partial charge < -0.3 is 10.1 Å². The van der Waals surface area contributed by atoms with Crippen molar-refractivity contribution >= 4 is 0 Å². The first-order chi connectivity index (χ1) is 10.2. The van der Waals surface area contributed by atoms with E-state index in [4.69, 9.17) is 4.74 Å². The summed E-state index contributed by atoms with van der Waals surface area (Å²) in [6.07, 6.45) is 2.80. The van der Waals surface area contributed by atoms with Crippen LogP contribution in [0.3, 0.4) is 0 Å². The van der Waals surface area contributed by atoms with E-state index < -0.39 is 0 Å². The molecule has 1 aromatic rings. The zero-order chi connectivity index (χ0) is 15.1. The molecule has 2 rings (SSSR count). The fourth-order valence-corrected chi connectivity index (χ4v) is 3.05. The number of hydrogen-bond donors (Lipinski definition) is 1. The second-order valence-corrected chi connectivity index (χ2v) is 6.27. The predicted molar refractivity (Wildman–Crippen MR) is 88.3 cm³/mol. The van der Waals surface area contributed by atoms with Gasteiger partial charge in [0.2, 0.25) is 0 Å². The van der Waals surface area contributed by atoms with Crippen LogP contribution in [0.25, 0.3) is 0 Å². The Bertz CT molecular complexity index is 421. The van der Waals surface area contributed by atoms with E-state index >= 15 is 0 Å². The number of rotatable bonds is 7. The minimum Gasteiger partial charge on any atom is -0.380 e. The molecular formula is C18H30N2O. The molecule has 2 unspecified atom stereocenters. The van der Waals surface area contributed by atoms with Crippen LogP contribution in [0.15, 0.2) is 24.3 Å². The molecule has 0 amide bonds. The van der Waals surface area contributed by atoms with Gasteiger partial charge in [0.05, 0.1) is 6.10 Å². The molecule has 1 fully saturated rings. The summed E-state index contributed by atoms with van der Waals surface area (Å²) in [5.41, 5.74) is 2.80. The number of likely N-dealkylation sites (tertiary alicyclic amines) is 1. The zero-order valence-electron chi connectivity index (χ0n) is 13.8. The predicted octanol–water partition coefficient (Wildman–Crippen LogP) is 3.04. The van der Waals surface area contributed by atoms with Gasteiger partial charge in [-0.15, -0.1) is 0 Å². The van der Waals surface area contributed by atoms with Gasteiger partial charge in [0.1, 0.15) is 0 Å². The lowest BCUT2D eigenvalue weighted by molar-refractivity contribution is -0.00745. The molecule has 3 heteroatoms. The molecule has 118 valence electrons. The molecule has 21 heavy (non-hydrogen) atoms. The summed E-state index contributed by atoms with van der Waals surface area (Å²) < 4.78 is 5.61. The van der Waals surface area contributed by atoms with Crippen LogP contribution in [0.5, 0.6) is 0 Å². The van der Waals surface area contributed by atoms with Gasteiger partial charge >= 0.3 is 0 Å². The van der Waals surface area contributed by atoms with Crippen molar-refractivity contribution in [1.29, 1.82) is 0 Å². The lowest BCUT2D eigenvalue weighted by Gasteiger charge is -2.36. The van der Waals surface area contributed by atoms with Gasteiger partial charge in [0.25, 0.3) is 0 Å². The Morgan fingerprint density at radius 1 is 1.33 bits per heavy atom. The molecular weight excluding hydrogens is 260 g/mol. The van der Waals surface area contributed by atoms with E-state index in [-0.39, 0.29) is 0 Å². The van der Waals surface area contributed by atoms with Crippen molar-refractivity contribution in [3.8, 4) is 0 Å². The van der Waals surface area contributed by atoms with E-state index in [2.05, 4.69) is 48.3 Å². The molecule has 0 spiro atoms. The number of piperidine rings is 1. The van der Waals surface area contributed by atoms with E-state index in [9.17, 15) is 0 Å². The first-order valence-electron chi connectivity index (χ1n) is 8.26. The van der Waals surface area contributed by atoms with Crippen molar-refractivity contribution in [3.05, 3.63) is 35.4 Å². The lowest BCUT2D eigenvalue weighted by Crippen LogP contribution is -2.43. The lowest BCUT2D eigenvalue weighted by atomic mass is 9.95. The summed E-state index contributed by atoms with van der Waals surface area (Å²) in [6, 6.07) is 8.97. The van der Waals surface area contributed by atoms with Crippen LogP contribution in [0.1, 0.15) is 37.8 Å². The Morgan fingerprint density at radius 3 is 2.90 bits per heavy atom. The first-order valence-corrected chi connectivity index (χ1v) is 8.26. The van der Waals surface area contributed by atoms with E-state index in [1.165, 1.54) is 30.5 Å². The minimum absolute atomic E-state index is 0.383. The number of hydrogen-bond acceptors (Lipinski definition) is 3. The molecule has 1 N–H and O–H groups in total. The molecule has 0 aliphatic carbocycles. The van der Waals surface area contributed by atoms with Gasteiger partial charge in [0.15, 0.2) is 0 Å². The van der Waals surface area contributed by atoms with Crippen LogP contribution in [0, 0.1) is 5.92 Å². The van der Waals surface area contributed by atoms with Gasteiger partial charge in [-0.25, -0.2) is 0 Å². The molecule has 1 saturated heterocycles. The Morgan fingerprint density at radius 2 is 2.14 bits per heavy atom. The van der Waals surface area contributed by atoms with Crippen molar-refractivity contribution in [2.24, 2.45) is 5.92 Å². The van der Waals surface area contributed by atoms with Crippen LogP contribution in [0.4, 0.5) is 0 Å². The van der Waals surface area contributed by atoms with E-state index in [0.29, 0.717) is 12.0 Å². The summed E-state index contributed by atoms with van der Waals surface area (Å²) in [5, 5.41) is 3.47. The third-order valence-corrected chi connectivity index (χ3v) is 4.43. The molecule has 1 aliphatic rings. The highest BCUT2D eigenvalue weighted by Crippen LogP contribution is 2.21. The molecule has 0 aromatic heterocycles. The van der Waals surface area contributed by atoms with Crippen LogP contribution in [-0.2, 0) is 17.8 Å². The van der Waals surface area contributed by atoms with Crippen LogP contribution in [0.2, 0.25) is 0 Å². The van der Waals surface area contributed by atoms with Crippen LogP contribution < -0.4 is 5.32 Å². The molecule has 2 atom stereocenters. The number of nitrogens with one attached hydrogen (secondary N) is 1. The molecule has 1 aliphatic heterocycles. The Labute approximate surface area is 129 Å². The number of ether oxygens (including phenoxy) is 1. The Kier molecular flexibility index (Phi) is 6.68. The van der Waals surface area contributed by atoms with E-state index in [1.807, 2.05) is 7.11 Å². The summed E-state index contributed by atoms with van der Waals surface area (Å²) in [5.74, 6) is 0.677. The van der Waals surface area contributed by atoms with E-state index in [0.717, 1.165) is 26.2 Å². The SMILES string of the molecule is CCCNCc1cccc(CN2CCC(C)C(OC)C2)c1. The number of methoxy groups -OCH3 is 1. The molecule has 0 bridgehead atoms. The van der Waals surface area contributed by atoms with Crippen molar-refractivity contribution in [2.45, 2.75) is 45.9 Å². The second kappa shape index (κ2) is 8.52. The fourth-order valence-electron chi connectivity index (χ4n) is 3.05. The minimum atomic E-state index is 0.383. The highest BCUT2D eigenvalue weighted by atomic mass is 16.5. The standard InChI is InChI=1S/C18H30N2O/c1-4-9-19-12-16-6-5-7-17(11-16)13-20-10-8-15(2)18(14-20)21-3/h5-7,11,15,18-19H,4,8-10,12-14H2,1-3H3. The maximum atomic E-state index is 5.61. The number of benzene rings is 1. The summed E-state index contributed by atoms with van der Waals surface area (Å²) in [6.45, 7) is 9.82. The maximum Gasteiger partial charge on any atom is 0.0724 e. The highest BCUT2D eigenvalue weighted by Gasteiger charge is 2.25. The first kappa shape index (κ1) is 16.5.